The lowest BCUT2D eigenvalue weighted by atomic mass is 9.98. The predicted molar refractivity (Wildman–Crippen MR) is 205 cm³/mol. The van der Waals surface area contributed by atoms with Crippen LogP contribution in [-0.4, -0.2) is 83.0 Å². The summed E-state index contributed by atoms with van der Waals surface area (Å²) < 4.78 is 16.4. The average molecular weight is 724 g/mol. The van der Waals surface area contributed by atoms with Crippen LogP contribution in [0.1, 0.15) is 138 Å². The van der Waals surface area contributed by atoms with Gasteiger partial charge in [-0.3, -0.25) is 4.79 Å². The summed E-state index contributed by atoms with van der Waals surface area (Å²) in [5.74, 6) is -0.421. The molecule has 0 radical (unpaired) electrons. The number of nitrogens with zero attached hydrogens (tertiary/aromatic N) is 1. The van der Waals surface area contributed by atoms with Crippen molar-refractivity contribution in [3.63, 3.8) is 0 Å². The second kappa shape index (κ2) is 25.8. The zero-order chi connectivity index (χ0) is 37.4. The predicted octanol–water partition coefficient (Wildman–Crippen LogP) is 7.99. The van der Waals surface area contributed by atoms with E-state index in [1.807, 2.05) is 54.6 Å². The molecule has 0 aliphatic carbocycles. The van der Waals surface area contributed by atoms with Gasteiger partial charge in [-0.05, 0) is 36.1 Å². The molecule has 1 saturated heterocycles. The number of benzene rings is 2. The Morgan fingerprint density at radius 3 is 1.90 bits per heavy atom. The monoisotopic (exact) mass is 723 g/mol. The molecule has 1 heterocycles. The molecule has 1 aliphatic rings. The van der Waals surface area contributed by atoms with Crippen LogP contribution < -0.4 is 0 Å². The molecule has 3 N–H and O–H groups in total. The van der Waals surface area contributed by atoms with Crippen LogP contribution in [0.2, 0.25) is 0 Å². The number of aliphatic hydroxyl groups is 3. The standard InChI is InChI=1S/C43H65NO8/c1-3-4-5-6-7-8-9-10-11-12-13-14-15-16-20-26-38(45)44(32-37-39(46)40(47)41(48)43(50-2)52-37)31-22-21-23-34-27-29-36(30-28-34)42(49)51-33-35-24-18-17-19-25-35/h17-19,21,23-25,27-30,37,39-41,43,46-48H,3-16,20,22,26,31-33H2,1-2H3/b23-21+/t37-,39-,40+,41-,43+/m1/s1. The molecule has 52 heavy (non-hydrogen) atoms. The number of esters is 1. The maximum atomic E-state index is 13.4. The minimum Gasteiger partial charge on any atom is -0.457 e. The van der Waals surface area contributed by atoms with E-state index in [0.29, 0.717) is 24.9 Å². The van der Waals surface area contributed by atoms with E-state index in [2.05, 4.69) is 6.92 Å². The highest BCUT2D eigenvalue weighted by Crippen LogP contribution is 2.23. The van der Waals surface area contributed by atoms with Gasteiger partial charge in [0.15, 0.2) is 6.29 Å². The molecule has 1 fully saturated rings. The molecule has 1 aliphatic heterocycles. The number of hydrogen-bond donors (Lipinski definition) is 3. The van der Waals surface area contributed by atoms with Crippen molar-refractivity contribution in [2.24, 2.45) is 0 Å². The lowest BCUT2D eigenvalue weighted by Gasteiger charge is -2.41. The Morgan fingerprint density at radius 2 is 1.33 bits per heavy atom. The molecule has 0 saturated carbocycles. The normalized spacial score (nSPS) is 20.3. The van der Waals surface area contributed by atoms with E-state index < -0.39 is 30.7 Å². The highest BCUT2D eigenvalue weighted by molar-refractivity contribution is 5.89. The third-order valence-electron chi connectivity index (χ3n) is 9.88. The number of ether oxygens (including phenoxy) is 3. The molecule has 9 heteroatoms. The van der Waals surface area contributed by atoms with Gasteiger partial charge in [0.05, 0.1) is 5.56 Å². The first-order valence-electron chi connectivity index (χ1n) is 19.8. The van der Waals surface area contributed by atoms with E-state index in [1.54, 1.807) is 17.0 Å². The van der Waals surface area contributed by atoms with Crippen LogP contribution in [0, 0.1) is 0 Å². The van der Waals surface area contributed by atoms with Gasteiger partial charge >= 0.3 is 5.97 Å². The quantitative estimate of drug-likeness (QED) is 0.0659. The van der Waals surface area contributed by atoms with Crippen molar-refractivity contribution in [3.05, 3.63) is 77.4 Å². The number of carbonyl (C=O) groups is 2. The summed E-state index contributed by atoms with van der Waals surface area (Å²) in [5.41, 5.74) is 2.30. The van der Waals surface area contributed by atoms with Gasteiger partial charge in [-0.15, -0.1) is 0 Å². The Kier molecular flexibility index (Phi) is 21.5. The summed E-state index contributed by atoms with van der Waals surface area (Å²) in [7, 11) is 1.36. The van der Waals surface area contributed by atoms with Crippen LogP contribution in [0.5, 0.6) is 0 Å². The SMILES string of the molecule is CCCCCCCCCCCCCCCCCC(=O)N(CC/C=C/c1ccc(C(=O)OCc2ccccc2)cc1)C[C@H]1O[C@H](OC)[C@H](O)[C@@H](O)[C@@H]1O. The van der Waals surface area contributed by atoms with Crippen LogP contribution in [0.4, 0.5) is 0 Å². The molecule has 0 spiro atoms. The molecule has 290 valence electrons. The number of carbonyl (C=O) groups excluding carboxylic acids is 2. The second-order valence-electron chi connectivity index (χ2n) is 14.2. The zero-order valence-electron chi connectivity index (χ0n) is 31.7. The average Bonchev–Trinajstić information content (AvgIpc) is 3.17. The molecular weight excluding hydrogens is 658 g/mol. The summed E-state index contributed by atoms with van der Waals surface area (Å²) in [6.07, 6.45) is 17.4. The Bertz CT molecular complexity index is 1270. The first kappa shape index (κ1) is 43.3. The molecule has 2 aromatic carbocycles. The Morgan fingerprint density at radius 1 is 0.750 bits per heavy atom. The van der Waals surface area contributed by atoms with Crippen molar-refractivity contribution in [3.8, 4) is 0 Å². The highest BCUT2D eigenvalue weighted by atomic mass is 16.7. The minimum absolute atomic E-state index is 0.0353. The van der Waals surface area contributed by atoms with Crippen LogP contribution in [0.3, 0.4) is 0 Å². The van der Waals surface area contributed by atoms with E-state index in [1.165, 1.54) is 84.2 Å². The van der Waals surface area contributed by atoms with E-state index in [-0.39, 0.29) is 25.0 Å². The Labute approximate surface area is 312 Å². The zero-order valence-corrected chi connectivity index (χ0v) is 31.7. The fourth-order valence-corrected chi connectivity index (χ4v) is 6.59. The smallest absolute Gasteiger partial charge is 0.338 e. The number of amides is 1. The lowest BCUT2D eigenvalue weighted by Crippen LogP contribution is -2.60. The highest BCUT2D eigenvalue weighted by Gasteiger charge is 2.44. The first-order valence-corrected chi connectivity index (χ1v) is 19.8. The molecular formula is C43H65NO8. The Balaban J connectivity index is 1.42. The first-order chi connectivity index (χ1) is 25.3. The maximum absolute atomic E-state index is 13.4. The molecule has 0 bridgehead atoms. The van der Waals surface area contributed by atoms with Crippen LogP contribution >= 0.6 is 0 Å². The number of hydrogen-bond acceptors (Lipinski definition) is 8. The molecule has 3 rings (SSSR count). The van der Waals surface area contributed by atoms with Crippen molar-refractivity contribution >= 4 is 18.0 Å². The third-order valence-corrected chi connectivity index (χ3v) is 9.88. The molecule has 0 aromatic heterocycles. The number of unbranched alkanes of at least 4 members (excludes halogenated alkanes) is 14. The van der Waals surface area contributed by atoms with Crippen LogP contribution in [0.25, 0.3) is 6.08 Å². The van der Waals surface area contributed by atoms with Crippen LogP contribution in [0.15, 0.2) is 60.7 Å². The number of aliphatic hydroxyl groups excluding tert-OH is 3. The van der Waals surface area contributed by atoms with Gasteiger partial charge in [-0.2, -0.15) is 0 Å². The molecule has 2 aromatic rings. The van der Waals surface area contributed by atoms with Crippen LogP contribution in [-0.2, 0) is 25.6 Å². The van der Waals surface area contributed by atoms with E-state index in [0.717, 1.165) is 30.4 Å². The van der Waals surface area contributed by atoms with E-state index >= 15 is 0 Å². The van der Waals surface area contributed by atoms with Gasteiger partial charge in [0.1, 0.15) is 31.0 Å². The van der Waals surface area contributed by atoms with Gasteiger partial charge < -0.3 is 34.4 Å². The molecule has 0 unspecified atom stereocenters. The van der Waals surface area contributed by atoms with Gasteiger partial charge in [-0.25, -0.2) is 4.79 Å². The molecule has 9 nitrogen and oxygen atoms in total. The van der Waals surface area contributed by atoms with Crippen molar-refractivity contribution in [2.75, 3.05) is 20.2 Å². The number of rotatable bonds is 26. The lowest BCUT2D eigenvalue weighted by molar-refractivity contribution is -0.291. The fourth-order valence-electron chi connectivity index (χ4n) is 6.59. The summed E-state index contributed by atoms with van der Waals surface area (Å²) in [5, 5.41) is 31.3. The van der Waals surface area contributed by atoms with E-state index in [4.69, 9.17) is 14.2 Å². The van der Waals surface area contributed by atoms with Gasteiger partial charge in [0, 0.05) is 26.6 Å². The van der Waals surface area contributed by atoms with Gasteiger partial charge in [-0.1, -0.05) is 151 Å². The van der Waals surface area contributed by atoms with Gasteiger partial charge in [0.2, 0.25) is 5.91 Å². The third kappa shape index (κ3) is 16.3. The van der Waals surface area contributed by atoms with Crippen molar-refractivity contribution < 1.29 is 39.1 Å². The summed E-state index contributed by atoms with van der Waals surface area (Å²) >= 11 is 0. The van der Waals surface area contributed by atoms with Crippen molar-refractivity contribution in [1.29, 1.82) is 0 Å². The number of methoxy groups -OCH3 is 1. The van der Waals surface area contributed by atoms with Gasteiger partial charge in [0.25, 0.3) is 0 Å². The maximum Gasteiger partial charge on any atom is 0.338 e. The topological polar surface area (TPSA) is 126 Å². The molecule has 1 amide bonds. The summed E-state index contributed by atoms with van der Waals surface area (Å²) in [4.78, 5) is 27.6. The summed E-state index contributed by atoms with van der Waals surface area (Å²) in [6, 6.07) is 16.7. The molecule has 5 atom stereocenters. The largest absolute Gasteiger partial charge is 0.457 e. The second-order valence-corrected chi connectivity index (χ2v) is 14.2. The minimum atomic E-state index is -1.45. The summed E-state index contributed by atoms with van der Waals surface area (Å²) in [6.45, 7) is 2.93. The Hall–Kier alpha value is -3.08. The van der Waals surface area contributed by atoms with Crippen molar-refractivity contribution in [2.45, 2.75) is 153 Å². The fraction of sp³-hybridized carbons (Fsp3) is 0.628. The van der Waals surface area contributed by atoms with E-state index in [9.17, 15) is 24.9 Å². The van der Waals surface area contributed by atoms with Crippen molar-refractivity contribution in [1.82, 2.24) is 4.90 Å².